The summed E-state index contributed by atoms with van der Waals surface area (Å²) in [4.78, 5) is 27.7. The number of rotatable bonds is 7. The van der Waals surface area contributed by atoms with Crippen molar-refractivity contribution in [2.24, 2.45) is 4.99 Å². The molecule has 7 heteroatoms. The topological polar surface area (TPSA) is 82.2 Å². The summed E-state index contributed by atoms with van der Waals surface area (Å²) in [6, 6.07) is 21.3. The fourth-order valence-electron chi connectivity index (χ4n) is 4.90. The van der Waals surface area contributed by atoms with Gasteiger partial charge < -0.3 is 15.6 Å². The molecule has 0 saturated carbocycles. The number of fused-ring (bicyclic) bond motifs is 2. The molecule has 0 saturated heterocycles. The van der Waals surface area contributed by atoms with E-state index in [-0.39, 0.29) is 5.91 Å². The first kappa shape index (κ1) is 24.1. The Bertz CT molecular complexity index is 1680. The zero-order valence-corrected chi connectivity index (χ0v) is 22.3. The van der Waals surface area contributed by atoms with Gasteiger partial charge in [0.1, 0.15) is 6.67 Å². The molecule has 0 spiro atoms. The van der Waals surface area contributed by atoms with E-state index >= 15 is 0 Å². The standard InChI is InChI=1S/C31H29N5OS/c1-3-4-8-30(37)35-22-13-21(16-32-17-22)20-10-11-26-25(14-20)31(34-18-33-26)28-15-24-23(6-5-7-27(24)36-28)29-12-9-19(2)38-29/h5-7,9-17,33,36H,3-4,8,18H2,1-2H3,(H,35,37). The van der Waals surface area contributed by atoms with Crippen molar-refractivity contribution in [2.75, 3.05) is 17.3 Å². The van der Waals surface area contributed by atoms with E-state index in [0.29, 0.717) is 18.8 Å². The predicted octanol–water partition coefficient (Wildman–Crippen LogP) is 7.62. The van der Waals surface area contributed by atoms with Gasteiger partial charge in [-0.25, -0.2) is 0 Å². The number of nitrogens with one attached hydrogen (secondary N) is 3. The fraction of sp³-hybridized carbons (Fsp3) is 0.194. The number of aromatic amines is 1. The summed E-state index contributed by atoms with van der Waals surface area (Å²) in [5.74, 6) is 0.0192. The van der Waals surface area contributed by atoms with Gasteiger partial charge in [-0.05, 0) is 61.4 Å². The van der Waals surface area contributed by atoms with E-state index in [1.165, 1.54) is 20.7 Å². The van der Waals surface area contributed by atoms with E-state index in [1.54, 1.807) is 6.20 Å². The Morgan fingerprint density at radius 3 is 2.79 bits per heavy atom. The number of amides is 1. The molecule has 1 amide bonds. The van der Waals surface area contributed by atoms with Crippen molar-refractivity contribution in [1.82, 2.24) is 9.97 Å². The molecule has 6 rings (SSSR count). The van der Waals surface area contributed by atoms with Crippen molar-refractivity contribution in [3.63, 3.8) is 0 Å². The second-order valence-corrected chi connectivity index (χ2v) is 10.9. The molecule has 38 heavy (non-hydrogen) atoms. The number of aromatic nitrogens is 2. The molecule has 190 valence electrons. The van der Waals surface area contributed by atoms with E-state index in [1.807, 2.05) is 23.6 Å². The van der Waals surface area contributed by atoms with Crippen LogP contribution in [0.25, 0.3) is 32.5 Å². The zero-order chi connectivity index (χ0) is 26.1. The van der Waals surface area contributed by atoms with Crippen LogP contribution in [0.4, 0.5) is 11.4 Å². The predicted molar refractivity (Wildman–Crippen MR) is 158 cm³/mol. The lowest BCUT2D eigenvalue weighted by Crippen LogP contribution is -2.17. The molecule has 1 aliphatic heterocycles. The SMILES string of the molecule is CCCCC(=O)Nc1cncc(-c2ccc3c(c2)C(c2cc4c(-c5ccc(C)s5)cccc4[nH]2)=NCN3)c1. The van der Waals surface area contributed by atoms with Crippen molar-refractivity contribution < 1.29 is 4.79 Å². The molecule has 3 N–H and O–H groups in total. The van der Waals surface area contributed by atoms with Crippen LogP contribution in [0, 0.1) is 6.92 Å². The van der Waals surface area contributed by atoms with Gasteiger partial charge in [0.15, 0.2) is 0 Å². The first-order chi connectivity index (χ1) is 18.6. The number of unbranched alkanes of at least 4 members (excludes halogenated alkanes) is 1. The lowest BCUT2D eigenvalue weighted by atomic mass is 9.97. The van der Waals surface area contributed by atoms with Crippen molar-refractivity contribution >= 4 is 45.2 Å². The number of hydrogen-bond donors (Lipinski definition) is 3. The third kappa shape index (κ3) is 4.73. The Kier molecular flexibility index (Phi) is 6.52. The highest BCUT2D eigenvalue weighted by Gasteiger charge is 2.20. The van der Waals surface area contributed by atoms with Gasteiger partial charge in [0.2, 0.25) is 5.91 Å². The Hall–Kier alpha value is -4.23. The largest absolute Gasteiger partial charge is 0.366 e. The summed E-state index contributed by atoms with van der Waals surface area (Å²) in [5.41, 5.74) is 9.00. The number of H-pyrrole nitrogens is 1. The first-order valence-corrected chi connectivity index (χ1v) is 13.8. The molecular weight excluding hydrogens is 490 g/mol. The Morgan fingerprint density at radius 2 is 1.95 bits per heavy atom. The van der Waals surface area contributed by atoms with Gasteiger partial charge >= 0.3 is 0 Å². The number of benzene rings is 2. The maximum atomic E-state index is 12.2. The van der Waals surface area contributed by atoms with E-state index < -0.39 is 0 Å². The Balaban J connectivity index is 1.35. The minimum absolute atomic E-state index is 0.0192. The van der Waals surface area contributed by atoms with E-state index in [9.17, 15) is 4.79 Å². The van der Waals surface area contributed by atoms with Crippen LogP contribution in [0.3, 0.4) is 0 Å². The van der Waals surface area contributed by atoms with Crippen LogP contribution >= 0.6 is 11.3 Å². The number of aliphatic imine (C=N–C) groups is 1. The summed E-state index contributed by atoms with van der Waals surface area (Å²) >= 11 is 1.81. The van der Waals surface area contributed by atoms with Gasteiger partial charge in [-0.3, -0.25) is 14.8 Å². The van der Waals surface area contributed by atoms with Crippen LogP contribution in [-0.2, 0) is 4.79 Å². The lowest BCUT2D eigenvalue weighted by Gasteiger charge is -2.19. The number of anilines is 2. The van der Waals surface area contributed by atoms with Crippen molar-refractivity contribution in [3.8, 4) is 21.6 Å². The molecule has 6 nitrogen and oxygen atoms in total. The molecule has 0 radical (unpaired) electrons. The number of nitrogens with zero attached hydrogens (tertiary/aromatic N) is 2. The van der Waals surface area contributed by atoms with Crippen LogP contribution < -0.4 is 10.6 Å². The third-order valence-corrected chi connectivity index (χ3v) is 7.85. The minimum Gasteiger partial charge on any atom is -0.366 e. The van der Waals surface area contributed by atoms with Gasteiger partial charge in [0.25, 0.3) is 0 Å². The van der Waals surface area contributed by atoms with Crippen LogP contribution in [0.2, 0.25) is 0 Å². The Morgan fingerprint density at radius 1 is 1.03 bits per heavy atom. The molecule has 0 unspecified atom stereocenters. The highest BCUT2D eigenvalue weighted by molar-refractivity contribution is 7.15. The lowest BCUT2D eigenvalue weighted by molar-refractivity contribution is -0.116. The Labute approximate surface area is 225 Å². The summed E-state index contributed by atoms with van der Waals surface area (Å²) < 4.78 is 0. The maximum Gasteiger partial charge on any atom is 0.224 e. The van der Waals surface area contributed by atoms with Crippen LogP contribution in [-0.4, -0.2) is 28.3 Å². The molecule has 5 aromatic rings. The van der Waals surface area contributed by atoms with Crippen LogP contribution in [0.1, 0.15) is 42.3 Å². The molecule has 1 aliphatic rings. The molecule has 0 fully saturated rings. The van der Waals surface area contributed by atoms with Gasteiger partial charge in [0.05, 0.1) is 23.3 Å². The smallest absolute Gasteiger partial charge is 0.224 e. The summed E-state index contributed by atoms with van der Waals surface area (Å²) in [6.07, 6.45) is 5.90. The highest BCUT2D eigenvalue weighted by Crippen LogP contribution is 2.36. The number of thiophene rings is 1. The van der Waals surface area contributed by atoms with Crippen molar-refractivity contribution in [2.45, 2.75) is 33.1 Å². The number of hydrogen-bond acceptors (Lipinski definition) is 5. The van der Waals surface area contributed by atoms with Crippen LogP contribution in [0.15, 0.2) is 78.0 Å². The minimum atomic E-state index is 0.0192. The van der Waals surface area contributed by atoms with E-state index in [2.05, 4.69) is 89.0 Å². The molecule has 3 aromatic heterocycles. The average molecular weight is 520 g/mol. The molecular formula is C31H29N5OS. The van der Waals surface area contributed by atoms with E-state index in [4.69, 9.17) is 4.99 Å². The van der Waals surface area contributed by atoms with Gasteiger partial charge in [-0.15, -0.1) is 11.3 Å². The summed E-state index contributed by atoms with van der Waals surface area (Å²) in [7, 11) is 0. The number of pyridine rings is 1. The number of aryl methyl sites for hydroxylation is 1. The van der Waals surface area contributed by atoms with E-state index in [0.717, 1.165) is 52.1 Å². The molecule has 0 atom stereocenters. The highest BCUT2D eigenvalue weighted by atomic mass is 32.1. The van der Waals surface area contributed by atoms with Crippen molar-refractivity contribution in [1.29, 1.82) is 0 Å². The fourth-order valence-corrected chi connectivity index (χ4v) is 5.80. The molecule has 2 aromatic carbocycles. The normalized spacial score (nSPS) is 12.6. The summed E-state index contributed by atoms with van der Waals surface area (Å²) in [5, 5.41) is 7.57. The second-order valence-electron chi connectivity index (χ2n) is 9.58. The maximum absolute atomic E-state index is 12.2. The average Bonchev–Trinajstić information content (AvgIpc) is 3.57. The second kappa shape index (κ2) is 10.3. The first-order valence-electron chi connectivity index (χ1n) is 13.0. The van der Waals surface area contributed by atoms with Gasteiger partial charge in [-0.1, -0.05) is 31.5 Å². The third-order valence-electron chi connectivity index (χ3n) is 6.82. The molecule has 0 aliphatic carbocycles. The number of carbonyl (C=O) groups is 1. The van der Waals surface area contributed by atoms with Crippen LogP contribution in [0.5, 0.6) is 0 Å². The van der Waals surface area contributed by atoms with Crippen molar-refractivity contribution in [3.05, 3.63) is 89.2 Å². The van der Waals surface area contributed by atoms with Gasteiger partial charge in [-0.2, -0.15) is 0 Å². The molecule has 0 bridgehead atoms. The monoisotopic (exact) mass is 519 g/mol. The molecule has 4 heterocycles. The summed E-state index contributed by atoms with van der Waals surface area (Å²) in [6.45, 7) is 4.74. The van der Waals surface area contributed by atoms with Gasteiger partial charge in [0, 0.05) is 55.7 Å². The quantitative estimate of drug-likeness (QED) is 0.207. The zero-order valence-electron chi connectivity index (χ0n) is 21.5. The number of carbonyl (C=O) groups excluding carboxylic acids is 1.